The minimum atomic E-state index is -0.393. The fraction of sp³-hybridized carbons (Fsp3) is 0.381. The van der Waals surface area contributed by atoms with Crippen molar-refractivity contribution in [2.45, 2.75) is 43.1 Å². The molecule has 0 bridgehead atoms. The van der Waals surface area contributed by atoms with Gasteiger partial charge in [0.2, 0.25) is 11.8 Å². The van der Waals surface area contributed by atoms with Crippen LogP contribution in [0.4, 0.5) is 10.3 Å². The van der Waals surface area contributed by atoms with Gasteiger partial charge < -0.3 is 24.2 Å². The molecule has 1 aliphatic rings. The Morgan fingerprint density at radius 1 is 1.21 bits per heavy atom. The van der Waals surface area contributed by atoms with Crippen LogP contribution in [0.3, 0.4) is 0 Å². The Labute approximate surface area is 193 Å². The number of methoxy groups -OCH3 is 1. The lowest BCUT2D eigenvalue weighted by molar-refractivity contribution is 0.0202. The van der Waals surface area contributed by atoms with Crippen molar-refractivity contribution in [1.29, 1.82) is 0 Å². The van der Waals surface area contributed by atoms with Crippen molar-refractivity contribution < 1.29 is 13.9 Å². The number of hydrogen-bond donors (Lipinski definition) is 2. The van der Waals surface area contributed by atoms with Gasteiger partial charge in [-0.05, 0) is 37.0 Å². The molecule has 168 valence electrons. The third-order valence-electron chi connectivity index (χ3n) is 5.97. The molecule has 4 aromatic heterocycles. The summed E-state index contributed by atoms with van der Waals surface area (Å²) in [6.45, 7) is 0. The lowest BCUT2D eigenvalue weighted by atomic mass is 9.52. The van der Waals surface area contributed by atoms with Crippen LogP contribution in [-0.4, -0.2) is 72.4 Å². The zero-order chi connectivity index (χ0) is 23.2. The van der Waals surface area contributed by atoms with Crippen LogP contribution in [0.25, 0.3) is 27.8 Å². The molecule has 0 spiro atoms. The first-order valence-corrected chi connectivity index (χ1v) is 11.3. The molecule has 8 nitrogen and oxygen atoms in total. The highest BCUT2D eigenvalue weighted by atomic mass is 19.1. The number of nitrogens with one attached hydrogen (secondary N) is 2. The van der Waals surface area contributed by atoms with Crippen molar-refractivity contribution in [2.24, 2.45) is 0 Å². The quantitative estimate of drug-likeness (QED) is 0.424. The minimum absolute atomic E-state index is 0.122. The highest BCUT2D eigenvalue weighted by Gasteiger charge is 2.26. The molecule has 0 aromatic carbocycles. The second kappa shape index (κ2) is 8.41. The summed E-state index contributed by atoms with van der Waals surface area (Å²) in [5.74, 6) is 0.565. The van der Waals surface area contributed by atoms with Crippen molar-refractivity contribution in [1.82, 2.24) is 24.3 Å². The SMILES string of the molecule is BC(B)(B)O[C@H]1CC[C@H](Nc2nc(OC)c3c(-c4cc(F)c5nccn5c4)c[nH]c3n2)CC1. The molecule has 33 heavy (non-hydrogen) atoms. The van der Waals surface area contributed by atoms with Crippen LogP contribution in [0.5, 0.6) is 5.88 Å². The molecule has 0 atom stereocenters. The molecule has 4 aromatic rings. The number of fused-ring (bicyclic) bond motifs is 2. The molecule has 0 radical (unpaired) electrons. The van der Waals surface area contributed by atoms with E-state index in [0.717, 1.165) is 31.2 Å². The lowest BCUT2D eigenvalue weighted by Crippen LogP contribution is -2.41. The highest BCUT2D eigenvalue weighted by Crippen LogP contribution is 2.35. The number of rotatable bonds is 6. The summed E-state index contributed by atoms with van der Waals surface area (Å²) < 4.78 is 27.9. The van der Waals surface area contributed by atoms with Gasteiger partial charge in [0.25, 0.3) is 0 Å². The van der Waals surface area contributed by atoms with Crippen LogP contribution in [0, 0.1) is 5.82 Å². The Morgan fingerprint density at radius 2 is 2.00 bits per heavy atom. The molecule has 2 N–H and O–H groups in total. The van der Waals surface area contributed by atoms with Crippen molar-refractivity contribution in [3.8, 4) is 17.0 Å². The molecule has 0 saturated heterocycles. The van der Waals surface area contributed by atoms with Crippen molar-refractivity contribution >= 4 is 46.2 Å². The van der Waals surface area contributed by atoms with E-state index in [1.165, 1.54) is 6.07 Å². The molecule has 1 aliphatic carbocycles. The number of anilines is 1. The predicted octanol–water partition coefficient (Wildman–Crippen LogP) is 0.671. The number of aromatic nitrogens is 5. The average molecular weight is 446 g/mol. The molecular weight excluding hydrogens is 420 g/mol. The third kappa shape index (κ3) is 4.44. The molecule has 1 fully saturated rings. The fourth-order valence-corrected chi connectivity index (χ4v) is 4.59. The maximum Gasteiger partial charge on any atom is 0.228 e. The summed E-state index contributed by atoms with van der Waals surface area (Å²) in [4.78, 5) is 16.5. The largest absolute Gasteiger partial charge is 0.480 e. The average Bonchev–Trinajstić information content (AvgIpc) is 3.41. The Morgan fingerprint density at radius 3 is 2.73 bits per heavy atom. The van der Waals surface area contributed by atoms with Crippen LogP contribution in [0.2, 0.25) is 0 Å². The molecule has 0 unspecified atom stereocenters. The number of halogens is 1. The molecular formula is C21H26B3FN6O2. The molecule has 0 aliphatic heterocycles. The third-order valence-corrected chi connectivity index (χ3v) is 5.97. The molecule has 5 rings (SSSR count). The Kier molecular flexibility index (Phi) is 5.56. The van der Waals surface area contributed by atoms with E-state index < -0.39 is 5.82 Å². The summed E-state index contributed by atoms with van der Waals surface area (Å²) in [7, 11) is 7.87. The number of H-pyrrole nitrogens is 1. The van der Waals surface area contributed by atoms with Crippen LogP contribution in [0.15, 0.2) is 30.9 Å². The van der Waals surface area contributed by atoms with Crippen molar-refractivity contribution in [3.05, 3.63) is 36.7 Å². The zero-order valence-corrected chi connectivity index (χ0v) is 19.4. The van der Waals surface area contributed by atoms with Gasteiger partial charge in [0.15, 0.2) is 11.5 Å². The summed E-state index contributed by atoms with van der Waals surface area (Å²) in [6, 6.07) is 1.74. The Hall–Kier alpha value is -3.01. The van der Waals surface area contributed by atoms with E-state index in [-0.39, 0.29) is 17.0 Å². The number of nitrogens with zero attached hydrogens (tertiary/aromatic N) is 4. The monoisotopic (exact) mass is 446 g/mol. The molecule has 1 saturated carbocycles. The van der Waals surface area contributed by atoms with Gasteiger partial charge in [0.1, 0.15) is 29.2 Å². The predicted molar refractivity (Wildman–Crippen MR) is 134 cm³/mol. The van der Waals surface area contributed by atoms with Crippen LogP contribution in [-0.2, 0) is 4.74 Å². The topological polar surface area (TPSA) is 89.4 Å². The van der Waals surface area contributed by atoms with Gasteiger partial charge >= 0.3 is 0 Å². The van der Waals surface area contributed by atoms with E-state index in [1.54, 1.807) is 30.1 Å². The minimum Gasteiger partial charge on any atom is -0.480 e. The maximum atomic E-state index is 14.5. The number of imidazole rings is 1. The smallest absolute Gasteiger partial charge is 0.228 e. The van der Waals surface area contributed by atoms with Gasteiger partial charge in [0, 0.05) is 42.0 Å². The second-order valence-electron chi connectivity index (χ2n) is 9.57. The lowest BCUT2D eigenvalue weighted by Gasteiger charge is -2.34. The van der Waals surface area contributed by atoms with Gasteiger partial charge in [-0.25, -0.2) is 9.37 Å². The number of hydrogen-bond acceptors (Lipinski definition) is 6. The maximum absolute atomic E-state index is 14.5. The van der Waals surface area contributed by atoms with Gasteiger partial charge in [-0.1, -0.05) is 0 Å². The number of aromatic amines is 1. The van der Waals surface area contributed by atoms with E-state index >= 15 is 0 Å². The van der Waals surface area contributed by atoms with Crippen molar-refractivity contribution in [3.63, 3.8) is 0 Å². The van der Waals surface area contributed by atoms with Gasteiger partial charge in [-0.3, -0.25) is 0 Å². The normalized spacial score (nSPS) is 19.2. The highest BCUT2D eigenvalue weighted by molar-refractivity contribution is 6.58. The fourth-order valence-electron chi connectivity index (χ4n) is 4.59. The molecule has 0 amide bonds. The standard InChI is InChI=1S/C21H26B3FN6O2/c1-32-19-16-14(11-8-15(25)18-26-6-7-31(18)10-11)9-27-17(16)29-20(30-19)28-12-2-4-13(5-3-12)33-21(22,23)24/h6-10,12-13H,2-5,22-24H2,1H3,(H2,27,28,29,30)/t12-,13-. The number of ether oxygens (including phenoxy) is 2. The van der Waals surface area contributed by atoms with Crippen LogP contribution >= 0.6 is 0 Å². The summed E-state index contributed by atoms with van der Waals surface area (Å²) in [5.41, 5.74) is 2.37. The Bertz CT molecular complexity index is 1300. The molecule has 4 heterocycles. The van der Waals surface area contributed by atoms with E-state index in [2.05, 4.69) is 48.8 Å². The summed E-state index contributed by atoms with van der Waals surface area (Å²) >= 11 is 0. The van der Waals surface area contributed by atoms with E-state index in [1.807, 2.05) is 6.20 Å². The first kappa shape index (κ1) is 21.8. The van der Waals surface area contributed by atoms with Gasteiger partial charge in [0.05, 0.1) is 18.6 Å². The van der Waals surface area contributed by atoms with Gasteiger partial charge in [-0.15, -0.1) is 0 Å². The van der Waals surface area contributed by atoms with Crippen molar-refractivity contribution in [2.75, 3.05) is 12.4 Å². The zero-order valence-electron chi connectivity index (χ0n) is 19.4. The first-order chi connectivity index (χ1) is 15.8. The van der Waals surface area contributed by atoms with Crippen LogP contribution < -0.4 is 10.1 Å². The second-order valence-corrected chi connectivity index (χ2v) is 9.57. The van der Waals surface area contributed by atoms with E-state index in [9.17, 15) is 4.39 Å². The summed E-state index contributed by atoms with van der Waals surface area (Å²) in [5, 5.41) is 4.05. The number of pyridine rings is 1. The van der Waals surface area contributed by atoms with E-state index in [0.29, 0.717) is 34.5 Å². The Balaban J connectivity index is 1.39. The molecule has 12 heteroatoms. The first-order valence-electron chi connectivity index (χ1n) is 11.3. The van der Waals surface area contributed by atoms with E-state index in [4.69, 9.17) is 9.47 Å². The van der Waals surface area contributed by atoms with Crippen LogP contribution in [0.1, 0.15) is 25.7 Å². The van der Waals surface area contributed by atoms with Gasteiger partial charge in [-0.2, -0.15) is 9.97 Å². The summed E-state index contributed by atoms with van der Waals surface area (Å²) in [6.07, 6.45) is 11.2.